The number of nitrogens with zero attached hydrogens (tertiary/aromatic N) is 3. The number of carbonyl (C=O) groups excluding carboxylic acids is 3. The summed E-state index contributed by atoms with van der Waals surface area (Å²) >= 11 is 0. The Hall–Kier alpha value is -2.19. The second-order valence-corrected chi connectivity index (χ2v) is 13.0. The standard InChI is InChI=1S/C33H53N3O5/c1-6-18-34(19-7-2)29(38)26-27-30(39)36(21-14-9-10-15-22-37)28(33(27)23-24(4)32(26,5)41-33)31(40)35(20-8-3)25-16-12-11-13-17-25/h6,8,24-28,37H,1,3,7,9-23H2,2,4-5H3/t24?,26-,27-,28?,32+,33?/m0/s1. The molecule has 41 heavy (non-hydrogen) atoms. The predicted molar refractivity (Wildman–Crippen MR) is 160 cm³/mol. The average Bonchev–Trinajstić information content (AvgIpc) is 3.47. The Bertz CT molecular complexity index is 980. The van der Waals surface area contributed by atoms with Gasteiger partial charge in [-0.1, -0.05) is 58.1 Å². The summed E-state index contributed by atoms with van der Waals surface area (Å²) in [6, 6.07) is -0.622. The zero-order valence-electron chi connectivity index (χ0n) is 25.7. The van der Waals surface area contributed by atoms with Gasteiger partial charge in [-0.15, -0.1) is 13.2 Å². The maximum absolute atomic E-state index is 14.7. The van der Waals surface area contributed by atoms with Crippen molar-refractivity contribution in [1.82, 2.24) is 14.7 Å². The molecule has 4 rings (SSSR count). The Morgan fingerprint density at radius 1 is 1.07 bits per heavy atom. The Morgan fingerprint density at radius 2 is 1.76 bits per heavy atom. The molecule has 3 aliphatic heterocycles. The first kappa shape index (κ1) is 31.7. The molecule has 1 N–H and O–H groups in total. The summed E-state index contributed by atoms with van der Waals surface area (Å²) in [4.78, 5) is 49.0. The Kier molecular flexibility index (Phi) is 10.4. The highest BCUT2D eigenvalue weighted by molar-refractivity contribution is 5.99. The maximum Gasteiger partial charge on any atom is 0.248 e. The van der Waals surface area contributed by atoms with E-state index in [9.17, 15) is 19.5 Å². The van der Waals surface area contributed by atoms with E-state index < -0.39 is 29.1 Å². The van der Waals surface area contributed by atoms with Crippen LogP contribution in [0.4, 0.5) is 0 Å². The Balaban J connectivity index is 1.74. The van der Waals surface area contributed by atoms with Gasteiger partial charge in [0.15, 0.2) is 0 Å². The van der Waals surface area contributed by atoms with Gasteiger partial charge in [0.1, 0.15) is 11.6 Å². The molecule has 3 unspecified atom stereocenters. The molecule has 4 fully saturated rings. The number of rotatable bonds is 15. The van der Waals surface area contributed by atoms with Crippen LogP contribution in [0.3, 0.4) is 0 Å². The number of fused-ring (bicyclic) bond motifs is 1. The summed E-state index contributed by atoms with van der Waals surface area (Å²) in [6.07, 6.45) is 13.4. The van der Waals surface area contributed by atoms with Crippen molar-refractivity contribution in [2.24, 2.45) is 17.8 Å². The van der Waals surface area contributed by atoms with Gasteiger partial charge in [0.2, 0.25) is 17.7 Å². The molecule has 230 valence electrons. The van der Waals surface area contributed by atoms with Crippen molar-refractivity contribution in [2.45, 2.75) is 115 Å². The first-order chi connectivity index (χ1) is 19.7. The van der Waals surface area contributed by atoms with Gasteiger partial charge in [0.25, 0.3) is 0 Å². The fourth-order valence-corrected chi connectivity index (χ4v) is 8.40. The first-order valence-corrected chi connectivity index (χ1v) is 16.1. The molecule has 3 amide bonds. The Labute approximate surface area is 247 Å². The van der Waals surface area contributed by atoms with E-state index in [-0.39, 0.29) is 36.3 Å². The van der Waals surface area contributed by atoms with Gasteiger partial charge in [-0.3, -0.25) is 14.4 Å². The van der Waals surface area contributed by atoms with E-state index in [1.165, 1.54) is 6.42 Å². The predicted octanol–water partition coefficient (Wildman–Crippen LogP) is 4.32. The zero-order valence-corrected chi connectivity index (χ0v) is 25.7. The SMILES string of the molecule is C=CCN(CCC)C(=O)[C@@H]1[C@H]2C(=O)N(CCCCCCO)C(C(=O)N(CC=C)C3CCCCC3)C23CC(C)[C@@]1(C)O3. The maximum atomic E-state index is 14.7. The van der Waals surface area contributed by atoms with E-state index in [1.54, 1.807) is 22.0 Å². The molecule has 1 saturated carbocycles. The van der Waals surface area contributed by atoms with Gasteiger partial charge < -0.3 is 24.5 Å². The zero-order chi connectivity index (χ0) is 29.8. The van der Waals surface area contributed by atoms with Crippen molar-refractivity contribution < 1.29 is 24.2 Å². The quantitative estimate of drug-likeness (QED) is 0.234. The highest BCUT2D eigenvalue weighted by atomic mass is 16.5. The molecule has 0 aromatic heterocycles. The molecule has 1 aliphatic carbocycles. The molecule has 1 spiro atoms. The fraction of sp³-hybridized carbons (Fsp3) is 0.788. The van der Waals surface area contributed by atoms with Gasteiger partial charge in [-0.25, -0.2) is 0 Å². The van der Waals surface area contributed by atoms with Crippen LogP contribution in [0, 0.1) is 17.8 Å². The van der Waals surface area contributed by atoms with Crippen LogP contribution in [0.2, 0.25) is 0 Å². The summed E-state index contributed by atoms with van der Waals surface area (Å²) < 4.78 is 6.98. The van der Waals surface area contributed by atoms with Gasteiger partial charge in [0.05, 0.1) is 17.4 Å². The van der Waals surface area contributed by atoms with Crippen molar-refractivity contribution in [3.63, 3.8) is 0 Å². The summed E-state index contributed by atoms with van der Waals surface area (Å²) in [5, 5.41) is 9.22. The number of likely N-dealkylation sites (tertiary alicyclic amines) is 1. The van der Waals surface area contributed by atoms with Crippen LogP contribution in [0.1, 0.15) is 91.4 Å². The summed E-state index contributed by atoms with van der Waals surface area (Å²) in [7, 11) is 0. The van der Waals surface area contributed by atoms with Crippen molar-refractivity contribution in [1.29, 1.82) is 0 Å². The number of hydrogen-bond acceptors (Lipinski definition) is 5. The van der Waals surface area contributed by atoms with Crippen LogP contribution in [0.5, 0.6) is 0 Å². The van der Waals surface area contributed by atoms with Crippen LogP contribution in [-0.2, 0) is 19.1 Å². The third kappa shape index (κ3) is 5.63. The minimum atomic E-state index is -1.02. The molecular weight excluding hydrogens is 518 g/mol. The van der Waals surface area contributed by atoms with Crippen LogP contribution in [-0.4, -0.2) is 93.6 Å². The lowest BCUT2D eigenvalue weighted by atomic mass is 9.62. The second-order valence-electron chi connectivity index (χ2n) is 13.0. The van der Waals surface area contributed by atoms with E-state index in [2.05, 4.69) is 20.1 Å². The lowest BCUT2D eigenvalue weighted by Crippen LogP contribution is -2.58. The molecule has 3 heterocycles. The molecular formula is C33H53N3O5. The van der Waals surface area contributed by atoms with Crippen LogP contribution < -0.4 is 0 Å². The van der Waals surface area contributed by atoms with E-state index in [1.807, 2.05) is 18.7 Å². The molecule has 0 aromatic rings. The van der Waals surface area contributed by atoms with E-state index in [0.717, 1.165) is 57.8 Å². The normalized spacial score (nSPS) is 32.7. The fourth-order valence-electron chi connectivity index (χ4n) is 8.40. The minimum Gasteiger partial charge on any atom is -0.396 e. The van der Waals surface area contributed by atoms with Crippen molar-refractivity contribution in [2.75, 3.05) is 32.8 Å². The number of ether oxygens (including phenoxy) is 1. The Morgan fingerprint density at radius 3 is 2.39 bits per heavy atom. The lowest BCUT2D eigenvalue weighted by Gasteiger charge is -2.41. The number of carbonyl (C=O) groups is 3. The van der Waals surface area contributed by atoms with Crippen molar-refractivity contribution >= 4 is 17.7 Å². The second kappa shape index (κ2) is 13.4. The van der Waals surface area contributed by atoms with E-state index in [0.29, 0.717) is 32.6 Å². The van der Waals surface area contributed by atoms with Gasteiger partial charge in [-0.05, 0) is 51.4 Å². The van der Waals surface area contributed by atoms with Crippen molar-refractivity contribution in [3.05, 3.63) is 25.3 Å². The summed E-state index contributed by atoms with van der Waals surface area (Å²) in [5.41, 5.74) is -1.83. The number of amides is 3. The number of aliphatic hydroxyl groups is 1. The van der Waals surface area contributed by atoms with Gasteiger partial charge >= 0.3 is 0 Å². The highest BCUT2D eigenvalue weighted by Crippen LogP contribution is 2.65. The molecule has 0 aromatic carbocycles. The number of hydrogen-bond donors (Lipinski definition) is 1. The number of unbranched alkanes of at least 4 members (excludes halogenated alkanes) is 3. The topological polar surface area (TPSA) is 90.4 Å². The van der Waals surface area contributed by atoms with Crippen LogP contribution in [0.25, 0.3) is 0 Å². The molecule has 8 heteroatoms. The van der Waals surface area contributed by atoms with Crippen LogP contribution in [0.15, 0.2) is 25.3 Å². The average molecular weight is 572 g/mol. The summed E-state index contributed by atoms with van der Waals surface area (Å²) in [5.74, 6) is -1.52. The minimum absolute atomic E-state index is 0.0232. The highest BCUT2D eigenvalue weighted by Gasteiger charge is 2.80. The molecule has 0 radical (unpaired) electrons. The lowest BCUT2D eigenvalue weighted by molar-refractivity contribution is -0.156. The smallest absolute Gasteiger partial charge is 0.248 e. The van der Waals surface area contributed by atoms with Crippen molar-refractivity contribution in [3.8, 4) is 0 Å². The third-order valence-corrected chi connectivity index (χ3v) is 10.4. The van der Waals surface area contributed by atoms with E-state index >= 15 is 0 Å². The molecule has 8 nitrogen and oxygen atoms in total. The van der Waals surface area contributed by atoms with E-state index in [4.69, 9.17) is 4.74 Å². The van der Waals surface area contributed by atoms with Gasteiger partial charge in [-0.2, -0.15) is 0 Å². The molecule has 2 bridgehead atoms. The molecule has 4 aliphatic rings. The first-order valence-electron chi connectivity index (χ1n) is 16.1. The third-order valence-electron chi connectivity index (χ3n) is 10.4. The molecule has 6 atom stereocenters. The number of aliphatic hydroxyl groups excluding tert-OH is 1. The summed E-state index contributed by atoms with van der Waals surface area (Å²) in [6.45, 7) is 16.0. The van der Waals surface area contributed by atoms with Crippen LogP contribution >= 0.6 is 0 Å². The largest absolute Gasteiger partial charge is 0.396 e. The molecule has 3 saturated heterocycles. The van der Waals surface area contributed by atoms with Gasteiger partial charge in [0, 0.05) is 38.8 Å². The monoisotopic (exact) mass is 571 g/mol.